The quantitative estimate of drug-likeness (QED) is 0.396. The second-order valence-corrected chi connectivity index (χ2v) is 7.83. The minimum atomic E-state index is 0.309. The first-order chi connectivity index (χ1) is 14.4. The standard InChI is InChI=1S/C26H26O3/c1-2-6-19(7-3-1)25-16-26(24-9-5-4-8-23(24)25)20-10-12-21(13-11-20)28-15-14-27-17-22-18-29-22/h1-13,22,25-26H,14-18H2. The van der Waals surface area contributed by atoms with Crippen molar-refractivity contribution in [1.29, 1.82) is 0 Å². The van der Waals surface area contributed by atoms with Crippen LogP contribution in [-0.4, -0.2) is 32.5 Å². The van der Waals surface area contributed by atoms with E-state index in [4.69, 9.17) is 14.2 Å². The van der Waals surface area contributed by atoms with Crippen LogP contribution in [0.1, 0.15) is 40.5 Å². The van der Waals surface area contributed by atoms with Crippen LogP contribution in [-0.2, 0) is 9.47 Å². The van der Waals surface area contributed by atoms with Gasteiger partial charge >= 0.3 is 0 Å². The maximum atomic E-state index is 5.82. The van der Waals surface area contributed by atoms with E-state index in [1.807, 2.05) is 0 Å². The smallest absolute Gasteiger partial charge is 0.119 e. The average Bonchev–Trinajstić information content (AvgIpc) is 3.53. The molecule has 3 nitrogen and oxygen atoms in total. The zero-order valence-corrected chi connectivity index (χ0v) is 16.5. The van der Waals surface area contributed by atoms with Crippen molar-refractivity contribution in [1.82, 2.24) is 0 Å². The molecule has 148 valence electrons. The molecule has 0 saturated carbocycles. The molecule has 29 heavy (non-hydrogen) atoms. The van der Waals surface area contributed by atoms with E-state index < -0.39 is 0 Å². The van der Waals surface area contributed by atoms with Crippen LogP contribution >= 0.6 is 0 Å². The van der Waals surface area contributed by atoms with E-state index in [9.17, 15) is 0 Å². The molecule has 3 atom stereocenters. The molecule has 5 rings (SSSR count). The summed E-state index contributed by atoms with van der Waals surface area (Å²) in [6.45, 7) is 2.66. The number of fused-ring (bicyclic) bond motifs is 1. The van der Waals surface area contributed by atoms with E-state index in [1.165, 1.54) is 22.3 Å². The molecule has 3 aromatic carbocycles. The van der Waals surface area contributed by atoms with Gasteiger partial charge in [0.05, 0.1) is 19.8 Å². The zero-order chi connectivity index (χ0) is 19.5. The third-order valence-corrected chi connectivity index (χ3v) is 5.91. The Morgan fingerprint density at radius 3 is 2.00 bits per heavy atom. The van der Waals surface area contributed by atoms with Gasteiger partial charge in [-0.25, -0.2) is 0 Å². The second kappa shape index (κ2) is 8.40. The number of hydrogen-bond acceptors (Lipinski definition) is 3. The third kappa shape index (κ3) is 4.21. The maximum Gasteiger partial charge on any atom is 0.119 e. The van der Waals surface area contributed by atoms with E-state index in [0.717, 1.165) is 18.8 Å². The molecule has 0 spiro atoms. The first-order valence-electron chi connectivity index (χ1n) is 10.4. The monoisotopic (exact) mass is 386 g/mol. The van der Waals surface area contributed by atoms with Crippen LogP contribution in [0.15, 0.2) is 78.9 Å². The molecule has 2 aliphatic rings. The lowest BCUT2D eigenvalue weighted by molar-refractivity contribution is 0.0878. The summed E-state index contributed by atoms with van der Waals surface area (Å²) in [7, 11) is 0. The lowest BCUT2D eigenvalue weighted by atomic mass is 9.90. The van der Waals surface area contributed by atoms with Crippen LogP contribution in [0.25, 0.3) is 0 Å². The summed E-state index contributed by atoms with van der Waals surface area (Å²) in [6.07, 6.45) is 1.42. The van der Waals surface area contributed by atoms with Crippen LogP contribution in [0.2, 0.25) is 0 Å². The van der Waals surface area contributed by atoms with E-state index in [-0.39, 0.29) is 0 Å². The van der Waals surface area contributed by atoms with E-state index >= 15 is 0 Å². The Kier molecular flexibility index (Phi) is 5.33. The van der Waals surface area contributed by atoms with Gasteiger partial charge in [-0.05, 0) is 40.8 Å². The summed E-state index contributed by atoms with van der Waals surface area (Å²) in [5.41, 5.74) is 5.66. The molecule has 1 aliphatic carbocycles. The molecule has 3 unspecified atom stereocenters. The fourth-order valence-electron chi connectivity index (χ4n) is 4.35. The number of hydrogen-bond donors (Lipinski definition) is 0. The molecule has 3 heteroatoms. The van der Waals surface area contributed by atoms with Crippen LogP contribution in [0.4, 0.5) is 0 Å². The fourth-order valence-corrected chi connectivity index (χ4v) is 4.35. The molecule has 0 radical (unpaired) electrons. The molecule has 0 amide bonds. The number of rotatable bonds is 8. The van der Waals surface area contributed by atoms with Crippen LogP contribution < -0.4 is 4.74 Å². The Labute approximate surface area is 172 Å². The van der Waals surface area contributed by atoms with Gasteiger partial charge in [-0.1, -0.05) is 66.7 Å². The topological polar surface area (TPSA) is 31.0 Å². The van der Waals surface area contributed by atoms with Gasteiger partial charge < -0.3 is 14.2 Å². The molecule has 1 heterocycles. The Hall–Kier alpha value is -2.62. The minimum absolute atomic E-state index is 0.309. The van der Waals surface area contributed by atoms with Crippen molar-refractivity contribution in [2.45, 2.75) is 24.4 Å². The highest BCUT2D eigenvalue weighted by molar-refractivity contribution is 5.49. The summed E-state index contributed by atoms with van der Waals surface area (Å²) in [6, 6.07) is 28.3. The molecule has 3 aromatic rings. The highest BCUT2D eigenvalue weighted by atomic mass is 16.6. The SMILES string of the molecule is c1ccc(C2CC(c3ccc(OCCOCC4CO4)cc3)c3ccccc32)cc1. The van der Waals surface area contributed by atoms with Gasteiger partial charge in [0.2, 0.25) is 0 Å². The second-order valence-electron chi connectivity index (χ2n) is 7.83. The lowest BCUT2D eigenvalue weighted by Gasteiger charge is -2.14. The molecule has 1 saturated heterocycles. The highest BCUT2D eigenvalue weighted by Gasteiger charge is 2.32. The first-order valence-corrected chi connectivity index (χ1v) is 10.4. The summed E-state index contributed by atoms with van der Waals surface area (Å²) in [5.74, 6) is 1.78. The number of epoxide rings is 1. The minimum Gasteiger partial charge on any atom is -0.491 e. The van der Waals surface area contributed by atoms with Crippen molar-refractivity contribution in [3.05, 3.63) is 101 Å². The van der Waals surface area contributed by atoms with Gasteiger partial charge in [-0.2, -0.15) is 0 Å². The van der Waals surface area contributed by atoms with Gasteiger partial charge in [0.25, 0.3) is 0 Å². The van der Waals surface area contributed by atoms with Crippen molar-refractivity contribution in [2.75, 3.05) is 26.4 Å². The van der Waals surface area contributed by atoms with E-state index in [2.05, 4.69) is 78.9 Å². The van der Waals surface area contributed by atoms with Crippen molar-refractivity contribution in [2.24, 2.45) is 0 Å². The highest BCUT2D eigenvalue weighted by Crippen LogP contribution is 2.48. The molecular formula is C26H26O3. The average molecular weight is 386 g/mol. The van der Waals surface area contributed by atoms with Gasteiger partial charge in [-0.15, -0.1) is 0 Å². The lowest BCUT2D eigenvalue weighted by Crippen LogP contribution is -2.10. The van der Waals surface area contributed by atoms with Gasteiger partial charge in [0, 0.05) is 11.8 Å². The van der Waals surface area contributed by atoms with E-state index in [0.29, 0.717) is 37.8 Å². The Bertz CT molecular complexity index is 932. The first kappa shape index (κ1) is 18.4. The number of benzene rings is 3. The Morgan fingerprint density at radius 2 is 1.34 bits per heavy atom. The Balaban J connectivity index is 1.26. The van der Waals surface area contributed by atoms with Crippen LogP contribution in [0, 0.1) is 0 Å². The van der Waals surface area contributed by atoms with Gasteiger partial charge in [-0.3, -0.25) is 0 Å². The molecular weight excluding hydrogens is 360 g/mol. The van der Waals surface area contributed by atoms with Crippen molar-refractivity contribution >= 4 is 0 Å². The maximum absolute atomic E-state index is 5.82. The molecule has 1 aliphatic heterocycles. The third-order valence-electron chi connectivity index (χ3n) is 5.91. The van der Waals surface area contributed by atoms with Crippen molar-refractivity contribution in [3.63, 3.8) is 0 Å². The van der Waals surface area contributed by atoms with Crippen LogP contribution in [0.5, 0.6) is 5.75 Å². The molecule has 0 bridgehead atoms. The predicted molar refractivity (Wildman–Crippen MR) is 114 cm³/mol. The summed E-state index contributed by atoms with van der Waals surface area (Å²) in [4.78, 5) is 0. The largest absolute Gasteiger partial charge is 0.491 e. The normalized spacial score (nSPS) is 22.3. The molecule has 0 aromatic heterocycles. The molecule has 1 fully saturated rings. The summed E-state index contributed by atoms with van der Waals surface area (Å²) < 4.78 is 16.5. The summed E-state index contributed by atoms with van der Waals surface area (Å²) in [5, 5.41) is 0. The number of ether oxygens (including phenoxy) is 3. The van der Waals surface area contributed by atoms with Crippen molar-refractivity contribution in [3.8, 4) is 5.75 Å². The Morgan fingerprint density at radius 1 is 0.724 bits per heavy atom. The summed E-state index contributed by atoms with van der Waals surface area (Å²) >= 11 is 0. The van der Waals surface area contributed by atoms with Gasteiger partial charge in [0.1, 0.15) is 18.5 Å². The van der Waals surface area contributed by atoms with E-state index in [1.54, 1.807) is 0 Å². The van der Waals surface area contributed by atoms with Crippen molar-refractivity contribution < 1.29 is 14.2 Å². The molecule has 0 N–H and O–H groups in total. The van der Waals surface area contributed by atoms with Gasteiger partial charge in [0.15, 0.2) is 0 Å². The fraction of sp³-hybridized carbons (Fsp3) is 0.308. The predicted octanol–water partition coefficient (Wildman–Crippen LogP) is 5.15. The zero-order valence-electron chi connectivity index (χ0n) is 16.5. The van der Waals surface area contributed by atoms with Crippen LogP contribution in [0.3, 0.4) is 0 Å².